The van der Waals surface area contributed by atoms with E-state index in [0.29, 0.717) is 17.8 Å². The lowest BCUT2D eigenvalue weighted by atomic mass is 10.1. The molecule has 0 saturated heterocycles. The van der Waals surface area contributed by atoms with Crippen LogP contribution in [0.2, 0.25) is 0 Å². The normalized spacial score (nSPS) is 10.4. The summed E-state index contributed by atoms with van der Waals surface area (Å²) in [6.45, 7) is 1.99. The predicted molar refractivity (Wildman–Crippen MR) is 70.3 cm³/mol. The number of benzene rings is 1. The minimum absolute atomic E-state index is 0.0458. The lowest BCUT2D eigenvalue weighted by molar-refractivity contribution is -0.384. The quantitative estimate of drug-likeness (QED) is 0.664. The van der Waals surface area contributed by atoms with Crippen molar-refractivity contribution in [2.24, 2.45) is 0 Å². The Morgan fingerprint density at radius 2 is 2.00 bits per heavy atom. The Bertz CT molecular complexity index is 615. The van der Waals surface area contributed by atoms with Gasteiger partial charge in [0.25, 0.3) is 5.69 Å². The lowest BCUT2D eigenvalue weighted by Crippen LogP contribution is -2.05. The molecule has 7 nitrogen and oxygen atoms in total. The van der Waals surface area contributed by atoms with Gasteiger partial charge in [0.2, 0.25) is 5.95 Å². The second kappa shape index (κ2) is 5.38. The molecule has 0 radical (unpaired) electrons. The highest BCUT2D eigenvalue weighted by Gasteiger charge is 2.17. The van der Waals surface area contributed by atoms with Gasteiger partial charge in [-0.2, -0.15) is 9.97 Å². The van der Waals surface area contributed by atoms with Gasteiger partial charge in [-0.15, -0.1) is 0 Å². The van der Waals surface area contributed by atoms with Crippen molar-refractivity contribution < 1.29 is 4.92 Å². The van der Waals surface area contributed by atoms with Gasteiger partial charge in [0.05, 0.1) is 10.5 Å². The number of aryl methyl sites for hydroxylation is 1. The minimum Gasteiger partial charge on any atom is -0.368 e. The number of rotatable bonds is 4. The van der Waals surface area contributed by atoms with Crippen molar-refractivity contribution >= 4 is 11.6 Å². The van der Waals surface area contributed by atoms with Gasteiger partial charge in [0.1, 0.15) is 5.82 Å². The molecule has 0 atom stereocenters. The Morgan fingerprint density at radius 3 is 2.68 bits per heavy atom. The Labute approximate surface area is 109 Å². The first kappa shape index (κ1) is 12.9. The number of nitro benzene ring substituents is 1. The highest BCUT2D eigenvalue weighted by molar-refractivity contribution is 5.68. The summed E-state index contributed by atoms with van der Waals surface area (Å²) in [7, 11) is 0. The summed E-state index contributed by atoms with van der Waals surface area (Å²) in [4.78, 5) is 22.8. The number of aromatic nitrogens is 3. The molecule has 19 heavy (non-hydrogen) atoms. The van der Waals surface area contributed by atoms with Crippen LogP contribution in [0.3, 0.4) is 0 Å². The van der Waals surface area contributed by atoms with Crippen LogP contribution in [0.15, 0.2) is 24.3 Å². The molecule has 0 saturated carbocycles. The Balaban J connectivity index is 2.55. The van der Waals surface area contributed by atoms with E-state index in [1.807, 2.05) is 6.92 Å². The first-order valence-electron chi connectivity index (χ1n) is 5.86. The molecule has 1 aromatic heterocycles. The molecule has 2 N–H and O–H groups in total. The van der Waals surface area contributed by atoms with Crippen molar-refractivity contribution in [2.75, 3.05) is 5.73 Å². The molecule has 2 aromatic rings. The van der Waals surface area contributed by atoms with Crippen molar-refractivity contribution in [1.29, 1.82) is 0 Å². The fourth-order valence-corrected chi connectivity index (χ4v) is 1.72. The number of nitro groups is 1. The standard InChI is InChI=1S/C12H13N5O2/c1-2-5-10-14-11(16-12(13)15-10)8-6-3-4-7-9(8)17(18)19/h3-4,6-7H,2,5H2,1H3,(H2,13,14,15,16). The largest absolute Gasteiger partial charge is 0.368 e. The van der Waals surface area contributed by atoms with Gasteiger partial charge < -0.3 is 5.73 Å². The number of nitrogens with zero attached hydrogens (tertiary/aromatic N) is 4. The van der Waals surface area contributed by atoms with Gasteiger partial charge in [0.15, 0.2) is 5.82 Å². The number of nitrogen functional groups attached to an aromatic ring is 1. The smallest absolute Gasteiger partial charge is 0.280 e. The zero-order valence-corrected chi connectivity index (χ0v) is 10.4. The fourth-order valence-electron chi connectivity index (χ4n) is 1.72. The van der Waals surface area contributed by atoms with E-state index in [0.717, 1.165) is 6.42 Å². The third kappa shape index (κ3) is 2.82. The molecule has 7 heteroatoms. The summed E-state index contributed by atoms with van der Waals surface area (Å²) < 4.78 is 0. The van der Waals surface area contributed by atoms with Crippen molar-refractivity contribution in [3.63, 3.8) is 0 Å². The van der Waals surface area contributed by atoms with Crippen molar-refractivity contribution in [1.82, 2.24) is 15.0 Å². The first-order valence-corrected chi connectivity index (χ1v) is 5.86. The molecule has 2 rings (SSSR count). The average Bonchev–Trinajstić information content (AvgIpc) is 2.38. The number of para-hydroxylation sites is 1. The molecule has 1 aromatic carbocycles. The Hall–Kier alpha value is -2.57. The molecule has 0 amide bonds. The van der Waals surface area contributed by atoms with E-state index in [4.69, 9.17) is 5.73 Å². The summed E-state index contributed by atoms with van der Waals surface area (Å²) in [5, 5.41) is 11.0. The van der Waals surface area contributed by atoms with Crippen LogP contribution in [0, 0.1) is 10.1 Å². The van der Waals surface area contributed by atoms with E-state index in [-0.39, 0.29) is 17.5 Å². The summed E-state index contributed by atoms with van der Waals surface area (Å²) in [6.07, 6.45) is 1.51. The molecule has 1 heterocycles. The number of anilines is 1. The maximum atomic E-state index is 11.0. The third-order valence-electron chi connectivity index (χ3n) is 2.51. The van der Waals surface area contributed by atoms with Gasteiger partial charge in [-0.1, -0.05) is 19.1 Å². The van der Waals surface area contributed by atoms with Gasteiger partial charge in [-0.25, -0.2) is 4.98 Å². The van der Waals surface area contributed by atoms with E-state index in [9.17, 15) is 10.1 Å². The Kier molecular flexibility index (Phi) is 3.65. The highest BCUT2D eigenvalue weighted by atomic mass is 16.6. The Morgan fingerprint density at radius 1 is 1.26 bits per heavy atom. The molecule has 0 aliphatic heterocycles. The topological polar surface area (TPSA) is 108 Å². The van der Waals surface area contributed by atoms with Crippen LogP contribution in [0.5, 0.6) is 0 Å². The van der Waals surface area contributed by atoms with Crippen LogP contribution < -0.4 is 5.73 Å². The molecule has 0 aliphatic carbocycles. The van der Waals surface area contributed by atoms with Crippen LogP contribution in [-0.2, 0) is 6.42 Å². The molecule has 0 fully saturated rings. The summed E-state index contributed by atoms with van der Waals surface area (Å²) in [6, 6.07) is 6.30. The molecule has 0 spiro atoms. The van der Waals surface area contributed by atoms with Gasteiger partial charge in [-0.3, -0.25) is 10.1 Å². The average molecular weight is 259 g/mol. The highest BCUT2D eigenvalue weighted by Crippen LogP contribution is 2.26. The lowest BCUT2D eigenvalue weighted by Gasteiger charge is -2.04. The zero-order chi connectivity index (χ0) is 13.8. The van der Waals surface area contributed by atoms with Crippen LogP contribution in [0.25, 0.3) is 11.4 Å². The monoisotopic (exact) mass is 259 g/mol. The van der Waals surface area contributed by atoms with Crippen LogP contribution >= 0.6 is 0 Å². The predicted octanol–water partition coefficient (Wildman–Crippen LogP) is 1.98. The van der Waals surface area contributed by atoms with Crippen molar-refractivity contribution in [3.8, 4) is 11.4 Å². The van der Waals surface area contributed by atoms with Gasteiger partial charge in [-0.05, 0) is 12.5 Å². The SMILES string of the molecule is CCCc1nc(N)nc(-c2ccccc2[N+](=O)[O-])n1. The van der Waals surface area contributed by atoms with E-state index in [1.165, 1.54) is 6.07 Å². The summed E-state index contributed by atoms with van der Waals surface area (Å²) in [5.74, 6) is 0.859. The van der Waals surface area contributed by atoms with Gasteiger partial charge in [0, 0.05) is 12.5 Å². The second-order valence-electron chi connectivity index (χ2n) is 3.96. The van der Waals surface area contributed by atoms with E-state index >= 15 is 0 Å². The maximum Gasteiger partial charge on any atom is 0.280 e. The summed E-state index contributed by atoms with van der Waals surface area (Å²) >= 11 is 0. The number of nitrogens with two attached hydrogens (primary N) is 1. The molecular weight excluding hydrogens is 246 g/mol. The van der Waals surface area contributed by atoms with Crippen LogP contribution in [-0.4, -0.2) is 19.9 Å². The van der Waals surface area contributed by atoms with Crippen molar-refractivity contribution in [2.45, 2.75) is 19.8 Å². The van der Waals surface area contributed by atoms with E-state index < -0.39 is 4.92 Å². The molecule has 0 unspecified atom stereocenters. The number of hydrogen-bond donors (Lipinski definition) is 1. The van der Waals surface area contributed by atoms with Crippen molar-refractivity contribution in [3.05, 3.63) is 40.2 Å². The maximum absolute atomic E-state index is 11.0. The zero-order valence-electron chi connectivity index (χ0n) is 10.4. The minimum atomic E-state index is -0.463. The van der Waals surface area contributed by atoms with E-state index in [2.05, 4.69) is 15.0 Å². The van der Waals surface area contributed by atoms with Crippen LogP contribution in [0.4, 0.5) is 11.6 Å². The molecule has 0 aliphatic rings. The fraction of sp³-hybridized carbons (Fsp3) is 0.250. The third-order valence-corrected chi connectivity index (χ3v) is 2.51. The molecule has 0 bridgehead atoms. The second-order valence-corrected chi connectivity index (χ2v) is 3.96. The summed E-state index contributed by atoms with van der Waals surface area (Å²) in [5.41, 5.74) is 5.92. The first-order chi connectivity index (χ1) is 9.11. The molecular formula is C12H13N5O2. The van der Waals surface area contributed by atoms with E-state index in [1.54, 1.807) is 18.2 Å². The number of hydrogen-bond acceptors (Lipinski definition) is 6. The van der Waals surface area contributed by atoms with Crippen LogP contribution in [0.1, 0.15) is 19.2 Å². The molecule has 98 valence electrons. The van der Waals surface area contributed by atoms with Gasteiger partial charge >= 0.3 is 0 Å².